The van der Waals surface area contributed by atoms with Gasteiger partial charge >= 0.3 is 0 Å². The van der Waals surface area contributed by atoms with E-state index in [4.69, 9.17) is 10.5 Å². The molecule has 2 N–H and O–H groups in total. The summed E-state index contributed by atoms with van der Waals surface area (Å²) in [5.74, 6) is -1.15. The van der Waals surface area contributed by atoms with Crippen molar-refractivity contribution in [2.24, 2.45) is 5.73 Å². The second kappa shape index (κ2) is 6.82. The lowest BCUT2D eigenvalue weighted by molar-refractivity contribution is 0.150. The Labute approximate surface area is 112 Å². The van der Waals surface area contributed by atoms with Crippen LogP contribution in [-0.4, -0.2) is 37.2 Å². The molecule has 1 aromatic carbocycles. The number of ether oxygens (including phenoxy) is 1. The molecule has 1 unspecified atom stereocenters. The smallest absolute Gasteiger partial charge is 0.167 e. The van der Waals surface area contributed by atoms with Crippen LogP contribution >= 0.6 is 0 Å². The van der Waals surface area contributed by atoms with Crippen LogP contribution in [0.2, 0.25) is 0 Å². The first kappa shape index (κ1) is 14.2. The Morgan fingerprint density at radius 1 is 1.26 bits per heavy atom. The molecule has 1 fully saturated rings. The van der Waals surface area contributed by atoms with Crippen molar-refractivity contribution in [3.63, 3.8) is 0 Å². The number of rotatable bonds is 6. The van der Waals surface area contributed by atoms with Crippen molar-refractivity contribution in [1.29, 1.82) is 0 Å². The maximum absolute atomic E-state index is 13.5. The van der Waals surface area contributed by atoms with Crippen molar-refractivity contribution in [3.05, 3.63) is 29.8 Å². The fraction of sp³-hybridized carbons (Fsp3) is 0.571. The first-order valence-electron chi connectivity index (χ1n) is 6.72. The van der Waals surface area contributed by atoms with Crippen LogP contribution in [0.5, 0.6) is 5.75 Å². The Kier molecular flexibility index (Phi) is 5.10. The predicted octanol–water partition coefficient (Wildman–Crippen LogP) is 2.16. The van der Waals surface area contributed by atoms with Gasteiger partial charge in [0, 0.05) is 12.1 Å². The molecule has 0 aromatic heterocycles. The van der Waals surface area contributed by atoms with Crippen molar-refractivity contribution in [2.75, 3.05) is 26.2 Å². The third kappa shape index (κ3) is 3.88. The van der Waals surface area contributed by atoms with Gasteiger partial charge in [0.15, 0.2) is 11.6 Å². The van der Waals surface area contributed by atoms with E-state index in [1.54, 1.807) is 0 Å². The van der Waals surface area contributed by atoms with E-state index in [1.165, 1.54) is 25.0 Å². The summed E-state index contributed by atoms with van der Waals surface area (Å²) in [6, 6.07) is 3.57. The highest BCUT2D eigenvalue weighted by atomic mass is 19.1. The lowest BCUT2D eigenvalue weighted by Crippen LogP contribution is -2.39. The molecule has 2 rings (SSSR count). The van der Waals surface area contributed by atoms with Gasteiger partial charge in [0.1, 0.15) is 12.4 Å². The number of hydrogen-bond donors (Lipinski definition) is 1. The third-order valence-corrected chi connectivity index (χ3v) is 3.48. The van der Waals surface area contributed by atoms with E-state index < -0.39 is 11.6 Å². The van der Waals surface area contributed by atoms with Crippen LogP contribution < -0.4 is 10.5 Å². The van der Waals surface area contributed by atoms with E-state index in [0.717, 1.165) is 25.6 Å². The fourth-order valence-electron chi connectivity index (χ4n) is 2.45. The summed E-state index contributed by atoms with van der Waals surface area (Å²) >= 11 is 0. The molecule has 0 aliphatic carbocycles. The lowest BCUT2D eigenvalue weighted by atomic mass is 10.2. The molecule has 1 aliphatic heterocycles. The van der Waals surface area contributed by atoms with Crippen LogP contribution in [-0.2, 0) is 0 Å². The molecule has 19 heavy (non-hydrogen) atoms. The molecule has 3 nitrogen and oxygen atoms in total. The summed E-state index contributed by atoms with van der Waals surface area (Å²) in [4.78, 5) is 2.33. The molecular formula is C14H20F2N2O. The van der Waals surface area contributed by atoms with E-state index in [-0.39, 0.29) is 11.8 Å². The zero-order valence-electron chi connectivity index (χ0n) is 10.9. The summed E-state index contributed by atoms with van der Waals surface area (Å²) in [6.45, 7) is 3.05. The summed E-state index contributed by atoms with van der Waals surface area (Å²) in [5, 5.41) is 0. The summed E-state index contributed by atoms with van der Waals surface area (Å²) < 4.78 is 31.7. The van der Waals surface area contributed by atoms with Crippen molar-refractivity contribution in [1.82, 2.24) is 4.90 Å². The van der Waals surface area contributed by atoms with Gasteiger partial charge in [0.05, 0.1) is 0 Å². The average Bonchev–Trinajstić information content (AvgIpc) is 2.90. The second-order valence-corrected chi connectivity index (χ2v) is 4.86. The van der Waals surface area contributed by atoms with Crippen LogP contribution in [0.3, 0.4) is 0 Å². The standard InChI is InChI=1S/C14H20F2N2O/c15-11-3-4-14(13(16)9-11)19-10-12(5-6-17)18-7-1-2-8-18/h3-4,9,12H,1-2,5-8,10,17H2. The molecule has 1 heterocycles. The number of nitrogens with two attached hydrogens (primary N) is 1. The normalized spacial score (nSPS) is 17.6. The topological polar surface area (TPSA) is 38.5 Å². The maximum atomic E-state index is 13.5. The minimum Gasteiger partial charge on any atom is -0.489 e. The summed E-state index contributed by atoms with van der Waals surface area (Å²) in [7, 11) is 0. The highest BCUT2D eigenvalue weighted by Crippen LogP contribution is 2.20. The minimum atomic E-state index is -0.659. The van der Waals surface area contributed by atoms with Crippen LogP contribution in [0.25, 0.3) is 0 Å². The Balaban J connectivity index is 1.93. The van der Waals surface area contributed by atoms with Gasteiger partial charge in [-0.05, 0) is 51.0 Å². The van der Waals surface area contributed by atoms with Gasteiger partial charge in [-0.15, -0.1) is 0 Å². The number of benzene rings is 1. The number of likely N-dealkylation sites (tertiary alicyclic amines) is 1. The number of hydrogen-bond acceptors (Lipinski definition) is 3. The zero-order chi connectivity index (χ0) is 13.7. The lowest BCUT2D eigenvalue weighted by Gasteiger charge is -2.27. The largest absolute Gasteiger partial charge is 0.489 e. The molecule has 106 valence electrons. The van der Waals surface area contributed by atoms with Crippen LogP contribution in [0.15, 0.2) is 18.2 Å². The van der Waals surface area contributed by atoms with E-state index in [0.29, 0.717) is 13.2 Å². The van der Waals surface area contributed by atoms with Crippen molar-refractivity contribution < 1.29 is 13.5 Å². The Morgan fingerprint density at radius 3 is 2.63 bits per heavy atom. The molecular weight excluding hydrogens is 250 g/mol. The summed E-state index contributed by atoms with van der Waals surface area (Å²) in [5.41, 5.74) is 5.61. The summed E-state index contributed by atoms with van der Waals surface area (Å²) in [6.07, 6.45) is 3.20. The van der Waals surface area contributed by atoms with Crippen molar-refractivity contribution >= 4 is 0 Å². The first-order chi connectivity index (χ1) is 9.20. The van der Waals surface area contributed by atoms with Crippen LogP contribution in [0.1, 0.15) is 19.3 Å². The van der Waals surface area contributed by atoms with Crippen LogP contribution in [0.4, 0.5) is 8.78 Å². The second-order valence-electron chi connectivity index (χ2n) is 4.86. The molecule has 0 spiro atoms. The van der Waals surface area contributed by atoms with Gasteiger partial charge < -0.3 is 10.5 Å². The van der Waals surface area contributed by atoms with Gasteiger partial charge in [-0.25, -0.2) is 8.78 Å². The first-order valence-corrected chi connectivity index (χ1v) is 6.72. The van der Waals surface area contributed by atoms with E-state index in [1.807, 2.05) is 0 Å². The molecule has 5 heteroatoms. The Morgan fingerprint density at radius 2 is 2.00 bits per heavy atom. The third-order valence-electron chi connectivity index (χ3n) is 3.48. The van der Waals surface area contributed by atoms with Gasteiger partial charge in [-0.2, -0.15) is 0 Å². The molecule has 1 saturated heterocycles. The molecule has 0 amide bonds. The van der Waals surface area contributed by atoms with E-state index in [9.17, 15) is 8.78 Å². The molecule has 1 aliphatic rings. The monoisotopic (exact) mass is 270 g/mol. The van der Waals surface area contributed by atoms with E-state index >= 15 is 0 Å². The van der Waals surface area contributed by atoms with E-state index in [2.05, 4.69) is 4.90 Å². The fourth-order valence-corrected chi connectivity index (χ4v) is 2.45. The van der Waals surface area contributed by atoms with Crippen molar-refractivity contribution in [3.8, 4) is 5.75 Å². The minimum absolute atomic E-state index is 0.0996. The van der Waals surface area contributed by atoms with Crippen molar-refractivity contribution in [2.45, 2.75) is 25.3 Å². The average molecular weight is 270 g/mol. The SMILES string of the molecule is NCCC(COc1ccc(F)cc1F)N1CCCC1. The predicted molar refractivity (Wildman–Crippen MR) is 70.1 cm³/mol. The van der Waals surface area contributed by atoms with Gasteiger partial charge in [0.2, 0.25) is 0 Å². The highest BCUT2D eigenvalue weighted by molar-refractivity contribution is 5.24. The Bertz CT molecular complexity index is 408. The van der Waals surface area contributed by atoms with Gasteiger partial charge in [-0.3, -0.25) is 4.90 Å². The van der Waals surface area contributed by atoms with Crippen LogP contribution in [0, 0.1) is 11.6 Å². The van der Waals surface area contributed by atoms with Gasteiger partial charge in [-0.1, -0.05) is 0 Å². The van der Waals surface area contributed by atoms with Gasteiger partial charge in [0.25, 0.3) is 0 Å². The number of nitrogens with zero attached hydrogens (tertiary/aromatic N) is 1. The Hall–Kier alpha value is -1.20. The molecule has 0 bridgehead atoms. The molecule has 1 atom stereocenters. The molecule has 0 radical (unpaired) electrons. The number of halogens is 2. The molecule has 0 saturated carbocycles. The maximum Gasteiger partial charge on any atom is 0.167 e. The highest BCUT2D eigenvalue weighted by Gasteiger charge is 2.22. The quantitative estimate of drug-likeness (QED) is 0.861. The molecule has 1 aromatic rings. The zero-order valence-corrected chi connectivity index (χ0v) is 10.9.